The number of hydrogen-bond donors (Lipinski definition) is 0. The Bertz CT molecular complexity index is 28.5. The molecule has 2 N–H and O–H groups in total. The molecule has 0 unspecified atom stereocenters. The van der Waals surface area contributed by atoms with E-state index in [1.165, 1.54) is 0 Å². The first-order valence-corrected chi connectivity index (χ1v) is 0. The quantitative estimate of drug-likeness (QED) is 0.377. The van der Waals surface area contributed by atoms with Crippen molar-refractivity contribution in [2.75, 3.05) is 0 Å². The number of hydrogen-bond acceptors (Lipinski definition) is 0. The van der Waals surface area contributed by atoms with Crippen molar-refractivity contribution < 1.29 is 128 Å². The molecular formula is H5AlCoCuFeMnNiOVZn. The molecule has 0 saturated carbocycles. The van der Waals surface area contributed by atoms with E-state index >= 15 is 0 Å². The Hall–Kier alpha value is 4.26. The van der Waals surface area contributed by atoms with Gasteiger partial charge >= 0.3 is 0 Å². The van der Waals surface area contributed by atoms with E-state index in [-0.39, 0.29) is 145 Å². The van der Waals surface area contributed by atoms with Gasteiger partial charge in [-0.3, -0.25) is 0 Å². The molecule has 0 bridgehead atoms. The second kappa shape index (κ2) is 85.7. The minimum atomic E-state index is 0. The van der Waals surface area contributed by atoms with E-state index in [0.717, 1.165) is 0 Å². The van der Waals surface area contributed by atoms with Gasteiger partial charge in [0, 0.05) is 123 Å². The van der Waals surface area contributed by atoms with Gasteiger partial charge in [-0.15, -0.1) is 0 Å². The van der Waals surface area contributed by atoms with Crippen LogP contribution < -0.4 is 0 Å². The molecule has 0 aromatic carbocycles. The van der Waals surface area contributed by atoms with E-state index < -0.39 is 0 Å². The van der Waals surface area contributed by atoms with Crippen molar-refractivity contribution in [2.45, 2.75) is 0 Å². The van der Waals surface area contributed by atoms with Gasteiger partial charge < -0.3 is 5.48 Å². The molecule has 0 atom stereocenters. The fraction of sp³-hybridized carbons (Fsp3) is 0. The predicted molar refractivity (Wildman–Crippen MR) is 13.6 cm³/mol. The van der Waals surface area contributed by atoms with Crippen molar-refractivity contribution >= 4 is 17.4 Å². The van der Waals surface area contributed by atoms with Crippen molar-refractivity contribution in [3.8, 4) is 0 Å². The Balaban J connectivity index is 0. The third-order valence-corrected chi connectivity index (χ3v) is 0. The van der Waals surface area contributed by atoms with Crippen molar-refractivity contribution in [3.05, 3.63) is 0 Å². The van der Waals surface area contributed by atoms with Crippen LogP contribution in [0.1, 0.15) is 0 Å². The molecule has 0 amide bonds. The van der Waals surface area contributed by atoms with E-state index in [2.05, 4.69) is 0 Å². The van der Waals surface area contributed by atoms with E-state index in [9.17, 15) is 0 Å². The molecule has 9 heteroatoms. The van der Waals surface area contributed by atoms with Crippen molar-refractivity contribution in [2.24, 2.45) is 0 Å². The Morgan fingerprint density at radius 2 is 1.00 bits per heavy atom. The summed E-state index contributed by atoms with van der Waals surface area (Å²) in [5.74, 6) is 0. The molecule has 0 aliphatic carbocycles. The summed E-state index contributed by atoms with van der Waals surface area (Å²) in [4.78, 5) is 0. The third-order valence-electron chi connectivity index (χ3n) is 0. The van der Waals surface area contributed by atoms with E-state index in [0.29, 0.717) is 0 Å². The average molecular weight is 456 g/mol. The molecule has 0 fully saturated rings. The van der Waals surface area contributed by atoms with E-state index in [4.69, 9.17) is 0 Å². The molecule has 0 aliphatic heterocycles. The first-order chi connectivity index (χ1) is 0. The molecule has 0 heterocycles. The van der Waals surface area contributed by atoms with Crippen LogP contribution in [0.4, 0.5) is 0 Å². The van der Waals surface area contributed by atoms with Crippen LogP contribution in [0.25, 0.3) is 0 Å². The third kappa shape index (κ3) is 71.1. The zero-order valence-electron chi connectivity index (χ0n) is 3.34. The van der Waals surface area contributed by atoms with Crippen LogP contribution in [-0.4, -0.2) is 22.8 Å². The summed E-state index contributed by atoms with van der Waals surface area (Å²) in [6.45, 7) is 0. The van der Waals surface area contributed by atoms with Gasteiger partial charge in [0.1, 0.15) is 0 Å². The van der Waals surface area contributed by atoms with Gasteiger partial charge in [-0.05, 0) is 0 Å². The first-order valence-electron chi connectivity index (χ1n) is 0. The molecule has 0 spiro atoms. The summed E-state index contributed by atoms with van der Waals surface area (Å²) in [6.07, 6.45) is 0. The fourth-order valence-electron chi connectivity index (χ4n) is 0. The van der Waals surface area contributed by atoms with Crippen molar-refractivity contribution in [1.82, 2.24) is 0 Å². The normalized spacial score (nSPS) is 0. The summed E-state index contributed by atoms with van der Waals surface area (Å²) in [5, 5.41) is 0. The van der Waals surface area contributed by atoms with Crippen molar-refractivity contribution in [3.63, 3.8) is 0 Å². The Labute approximate surface area is 143 Å². The summed E-state index contributed by atoms with van der Waals surface area (Å²) < 4.78 is 0. The van der Waals surface area contributed by atoms with Crippen LogP contribution in [-0.2, 0) is 123 Å². The molecule has 1 nitrogen and oxygen atoms in total. The van der Waals surface area contributed by atoms with Gasteiger partial charge in [-0.1, -0.05) is 0 Å². The fourth-order valence-corrected chi connectivity index (χ4v) is 0. The van der Waals surface area contributed by atoms with Crippen LogP contribution in [0.3, 0.4) is 0 Å². The number of rotatable bonds is 0. The smallest absolute Gasteiger partial charge is 0.187 e. The van der Waals surface area contributed by atoms with E-state index in [1.54, 1.807) is 0 Å². The molecule has 0 aliphatic rings. The first kappa shape index (κ1) is 110. The maximum absolute atomic E-state index is 0. The summed E-state index contributed by atoms with van der Waals surface area (Å²) >= 11 is 0. The molecule has 0 aromatic heterocycles. The molecule has 0 rings (SSSR count). The van der Waals surface area contributed by atoms with Crippen LogP contribution in [0.2, 0.25) is 0 Å². The largest absolute Gasteiger partial charge is 0.412 e. The van der Waals surface area contributed by atoms with Gasteiger partial charge in [0.05, 0.1) is 0 Å². The Morgan fingerprint density at radius 1 is 1.00 bits per heavy atom. The minimum absolute atomic E-state index is 0. The monoisotopic (exact) mass is 454 g/mol. The molecule has 4 radical (unpaired) electrons. The van der Waals surface area contributed by atoms with Crippen LogP contribution in [0.5, 0.6) is 0 Å². The summed E-state index contributed by atoms with van der Waals surface area (Å²) in [7, 11) is 0. The second-order valence-electron chi connectivity index (χ2n) is 0. The zero-order chi connectivity index (χ0) is 0. The van der Waals surface area contributed by atoms with Gasteiger partial charge in [-0.2, -0.15) is 0 Å². The standard InChI is InChI=1S/Al.Co.Cu.Fe.Mn.Ni.H2O.V.Zn.3H/h;;;;;;1H2;;;;;. The predicted octanol–water partition coefficient (Wildman–Crippen LogP) is -2.03. The van der Waals surface area contributed by atoms with Crippen LogP contribution in [0, 0.1) is 0 Å². The summed E-state index contributed by atoms with van der Waals surface area (Å²) in [6, 6.07) is 0. The molecule has 66 valence electrons. The van der Waals surface area contributed by atoms with Gasteiger partial charge in [0.25, 0.3) is 0 Å². The molecular weight excluding hydrogens is 451 g/mol. The minimum Gasteiger partial charge on any atom is -0.412 e. The average Bonchev–Trinajstić information content (AvgIpc) is 0. The maximum atomic E-state index is 0. The van der Waals surface area contributed by atoms with Crippen molar-refractivity contribution in [1.29, 1.82) is 0 Å². The Kier molecular flexibility index (Phi) is 1050. The second-order valence-corrected chi connectivity index (χ2v) is 0. The van der Waals surface area contributed by atoms with E-state index in [1.807, 2.05) is 0 Å². The van der Waals surface area contributed by atoms with Crippen LogP contribution >= 0.6 is 0 Å². The maximum Gasteiger partial charge on any atom is 0.187 e. The Morgan fingerprint density at radius 3 is 1.00 bits per heavy atom. The molecule has 9 heavy (non-hydrogen) atoms. The van der Waals surface area contributed by atoms with Gasteiger partial charge in [0.2, 0.25) is 0 Å². The van der Waals surface area contributed by atoms with Crippen LogP contribution in [0.15, 0.2) is 0 Å². The zero-order valence-corrected chi connectivity index (χ0v) is 13.0. The van der Waals surface area contributed by atoms with Gasteiger partial charge in [-0.25, -0.2) is 0 Å². The SMILES string of the molecule is O.[AlH3].[Co].[Cu].[Fe].[Mn].[Ni].[V].[Zn]. The topological polar surface area (TPSA) is 31.5 Å². The molecule has 0 saturated heterocycles. The molecule has 0 aromatic rings. The summed E-state index contributed by atoms with van der Waals surface area (Å²) in [5.41, 5.74) is 0. The van der Waals surface area contributed by atoms with Gasteiger partial charge in [0.15, 0.2) is 17.4 Å².